The van der Waals surface area contributed by atoms with Crippen LogP contribution in [0.15, 0.2) is 30.6 Å². The number of aryl methyl sites for hydroxylation is 1. The minimum Gasteiger partial charge on any atom is -0.325 e. The number of hydrogen-bond donors (Lipinski definition) is 2. The fourth-order valence-electron chi connectivity index (χ4n) is 4.29. The Labute approximate surface area is 148 Å². The van der Waals surface area contributed by atoms with E-state index in [-0.39, 0.29) is 5.91 Å². The first kappa shape index (κ1) is 16.3. The Kier molecular flexibility index (Phi) is 4.53. The van der Waals surface area contributed by atoms with E-state index in [9.17, 15) is 4.79 Å². The molecule has 1 aromatic carbocycles. The average molecular weight is 339 g/mol. The fourth-order valence-corrected chi connectivity index (χ4v) is 4.29. The number of rotatable bonds is 5. The summed E-state index contributed by atoms with van der Waals surface area (Å²) in [5.41, 5.74) is 1.73. The first-order valence-electron chi connectivity index (χ1n) is 9.26. The van der Waals surface area contributed by atoms with Crippen LogP contribution in [0.1, 0.15) is 39.0 Å². The third kappa shape index (κ3) is 3.44. The third-order valence-electron chi connectivity index (χ3n) is 5.44. The van der Waals surface area contributed by atoms with Gasteiger partial charge in [0.15, 0.2) is 5.82 Å². The molecule has 1 aromatic heterocycles. The zero-order valence-corrected chi connectivity index (χ0v) is 14.6. The zero-order valence-electron chi connectivity index (χ0n) is 14.6. The molecule has 2 bridgehead atoms. The van der Waals surface area contributed by atoms with E-state index in [1.807, 2.05) is 28.8 Å². The van der Waals surface area contributed by atoms with Crippen LogP contribution in [0.3, 0.4) is 0 Å². The lowest BCUT2D eigenvalue weighted by Gasteiger charge is -2.28. The van der Waals surface area contributed by atoms with Gasteiger partial charge in [0.2, 0.25) is 5.91 Å². The predicted octanol–water partition coefficient (Wildman–Crippen LogP) is 2.82. The molecule has 0 aliphatic carbocycles. The molecule has 2 aromatic rings. The fraction of sp³-hybridized carbons (Fsp3) is 0.526. The summed E-state index contributed by atoms with van der Waals surface area (Å²) in [5, 5.41) is 15.0. The second-order valence-electron chi connectivity index (χ2n) is 7.21. The number of benzene rings is 1. The summed E-state index contributed by atoms with van der Waals surface area (Å²) in [5.74, 6) is 1.38. The molecule has 2 fully saturated rings. The number of carbonyl (C=O) groups excluding carboxylic acids is 1. The maximum Gasteiger partial charge on any atom is 0.224 e. The minimum atomic E-state index is 0.0984. The lowest BCUT2D eigenvalue weighted by Crippen LogP contribution is -2.39. The Bertz CT molecular complexity index is 744. The van der Waals surface area contributed by atoms with E-state index < -0.39 is 0 Å². The molecular weight excluding hydrogens is 314 g/mol. The third-order valence-corrected chi connectivity index (χ3v) is 5.44. The number of amides is 1. The molecule has 6 nitrogen and oxygen atoms in total. The van der Waals surface area contributed by atoms with Gasteiger partial charge in [-0.2, -0.15) is 0 Å². The van der Waals surface area contributed by atoms with Crippen molar-refractivity contribution in [1.29, 1.82) is 0 Å². The van der Waals surface area contributed by atoms with Crippen LogP contribution in [0.2, 0.25) is 0 Å². The van der Waals surface area contributed by atoms with Crippen LogP contribution in [0.5, 0.6) is 0 Å². The summed E-state index contributed by atoms with van der Waals surface area (Å²) in [4.78, 5) is 12.6. The highest BCUT2D eigenvalue weighted by atomic mass is 16.1. The largest absolute Gasteiger partial charge is 0.325 e. The van der Waals surface area contributed by atoms with Gasteiger partial charge in [0.05, 0.1) is 5.69 Å². The second-order valence-corrected chi connectivity index (χ2v) is 7.21. The van der Waals surface area contributed by atoms with Gasteiger partial charge in [-0.1, -0.05) is 12.1 Å². The number of nitrogens with zero attached hydrogens (tertiary/aromatic N) is 3. The number of nitrogens with one attached hydrogen (secondary N) is 2. The number of carbonyl (C=O) groups is 1. The van der Waals surface area contributed by atoms with Gasteiger partial charge in [0.1, 0.15) is 6.33 Å². The number of piperidine rings is 1. The van der Waals surface area contributed by atoms with E-state index in [2.05, 4.69) is 27.8 Å². The lowest BCUT2D eigenvalue weighted by molar-refractivity contribution is -0.117. The molecule has 2 unspecified atom stereocenters. The maximum absolute atomic E-state index is 12.6. The number of hydrogen-bond acceptors (Lipinski definition) is 4. The summed E-state index contributed by atoms with van der Waals surface area (Å²) >= 11 is 0. The van der Waals surface area contributed by atoms with Crippen molar-refractivity contribution in [1.82, 2.24) is 20.1 Å². The smallest absolute Gasteiger partial charge is 0.224 e. The van der Waals surface area contributed by atoms with Crippen molar-refractivity contribution < 1.29 is 4.79 Å². The van der Waals surface area contributed by atoms with Gasteiger partial charge in [0.25, 0.3) is 0 Å². The van der Waals surface area contributed by atoms with Crippen molar-refractivity contribution in [2.24, 2.45) is 5.92 Å². The van der Waals surface area contributed by atoms with Crippen LogP contribution in [0, 0.1) is 5.92 Å². The Hall–Kier alpha value is -2.21. The number of aromatic nitrogens is 3. The monoisotopic (exact) mass is 339 g/mol. The average Bonchev–Trinajstić information content (AvgIpc) is 3.21. The van der Waals surface area contributed by atoms with Crippen molar-refractivity contribution >= 4 is 11.6 Å². The molecule has 0 saturated carbocycles. The summed E-state index contributed by atoms with van der Waals surface area (Å²) in [6.45, 7) is 2.85. The van der Waals surface area contributed by atoms with Gasteiger partial charge in [-0.05, 0) is 50.7 Å². The van der Waals surface area contributed by atoms with E-state index in [0.717, 1.165) is 36.5 Å². The Morgan fingerprint density at radius 2 is 2.04 bits per heavy atom. The van der Waals surface area contributed by atoms with Crippen LogP contribution < -0.4 is 10.6 Å². The lowest BCUT2D eigenvalue weighted by atomic mass is 9.89. The summed E-state index contributed by atoms with van der Waals surface area (Å²) in [6, 6.07) is 9.06. The molecule has 2 N–H and O–H groups in total. The predicted molar refractivity (Wildman–Crippen MR) is 97.0 cm³/mol. The number of fused-ring (bicyclic) bond motifs is 2. The molecule has 1 amide bonds. The van der Waals surface area contributed by atoms with Gasteiger partial charge in [-0.25, -0.2) is 0 Å². The highest BCUT2D eigenvalue weighted by Crippen LogP contribution is 2.33. The normalized spacial score (nSPS) is 25.1. The SMILES string of the molecule is CCn1cnnc1-c1ccccc1NC(=O)CC1CC2CCC(C1)N2. The molecule has 132 valence electrons. The molecular formula is C19H25N5O. The Balaban J connectivity index is 1.46. The number of para-hydroxylation sites is 1. The van der Waals surface area contributed by atoms with Crippen molar-refractivity contribution in [3.05, 3.63) is 30.6 Å². The molecule has 2 aliphatic heterocycles. The topological polar surface area (TPSA) is 71.8 Å². The van der Waals surface area contributed by atoms with Crippen LogP contribution in [0.25, 0.3) is 11.4 Å². The zero-order chi connectivity index (χ0) is 17.2. The molecule has 3 heterocycles. The first-order valence-corrected chi connectivity index (χ1v) is 9.26. The molecule has 4 rings (SSSR count). The van der Waals surface area contributed by atoms with Crippen LogP contribution in [-0.4, -0.2) is 32.8 Å². The Morgan fingerprint density at radius 1 is 1.28 bits per heavy atom. The standard InChI is InChI=1S/C19H25N5O/c1-2-24-12-20-23-19(24)16-5-3-4-6-17(16)22-18(25)11-13-9-14-7-8-15(10-13)21-14/h3-6,12-15,21H,2,7-11H2,1H3,(H,22,25). The molecule has 2 atom stereocenters. The van der Waals surface area contributed by atoms with E-state index in [0.29, 0.717) is 24.4 Å². The van der Waals surface area contributed by atoms with Gasteiger partial charge < -0.3 is 15.2 Å². The minimum absolute atomic E-state index is 0.0984. The maximum atomic E-state index is 12.6. The molecule has 2 aliphatic rings. The summed E-state index contributed by atoms with van der Waals surface area (Å²) < 4.78 is 1.98. The van der Waals surface area contributed by atoms with Gasteiger partial charge in [-0.15, -0.1) is 10.2 Å². The summed E-state index contributed by atoms with van der Waals surface area (Å²) in [7, 11) is 0. The molecule has 2 saturated heterocycles. The number of anilines is 1. The van der Waals surface area contributed by atoms with Crippen molar-refractivity contribution in [3.8, 4) is 11.4 Å². The van der Waals surface area contributed by atoms with Crippen LogP contribution in [-0.2, 0) is 11.3 Å². The van der Waals surface area contributed by atoms with Gasteiger partial charge in [0, 0.05) is 30.6 Å². The van der Waals surface area contributed by atoms with Gasteiger partial charge >= 0.3 is 0 Å². The van der Waals surface area contributed by atoms with E-state index in [1.54, 1.807) is 6.33 Å². The molecule has 0 radical (unpaired) electrons. The van der Waals surface area contributed by atoms with Gasteiger partial charge in [-0.3, -0.25) is 4.79 Å². The highest BCUT2D eigenvalue weighted by molar-refractivity contribution is 5.94. The van der Waals surface area contributed by atoms with Crippen LogP contribution in [0.4, 0.5) is 5.69 Å². The van der Waals surface area contributed by atoms with E-state index in [1.165, 1.54) is 12.8 Å². The molecule has 0 spiro atoms. The Morgan fingerprint density at radius 3 is 2.80 bits per heavy atom. The molecule has 25 heavy (non-hydrogen) atoms. The van der Waals surface area contributed by atoms with E-state index in [4.69, 9.17) is 0 Å². The van der Waals surface area contributed by atoms with Crippen molar-refractivity contribution in [2.75, 3.05) is 5.32 Å². The highest BCUT2D eigenvalue weighted by Gasteiger charge is 2.34. The van der Waals surface area contributed by atoms with Crippen molar-refractivity contribution in [3.63, 3.8) is 0 Å². The van der Waals surface area contributed by atoms with Crippen LogP contribution >= 0.6 is 0 Å². The van der Waals surface area contributed by atoms with Crippen molar-refractivity contribution in [2.45, 2.75) is 57.7 Å². The van der Waals surface area contributed by atoms with E-state index >= 15 is 0 Å². The second kappa shape index (κ2) is 6.96. The first-order chi connectivity index (χ1) is 12.2. The summed E-state index contributed by atoms with van der Waals surface area (Å²) in [6.07, 6.45) is 7.09. The molecule has 6 heteroatoms. The quantitative estimate of drug-likeness (QED) is 0.879.